The third kappa shape index (κ3) is 2.50. The number of aryl methyl sites for hydroxylation is 1. The van der Waals surface area contributed by atoms with Crippen molar-refractivity contribution in [2.45, 2.75) is 13.0 Å². The van der Waals surface area contributed by atoms with Crippen molar-refractivity contribution in [3.05, 3.63) is 40.7 Å². The van der Waals surface area contributed by atoms with E-state index in [0.29, 0.717) is 17.4 Å². The number of nitrogens with zero attached hydrogens (tertiary/aromatic N) is 2. The van der Waals surface area contributed by atoms with Gasteiger partial charge in [0.1, 0.15) is 5.82 Å². The lowest BCUT2D eigenvalue weighted by atomic mass is 10.2. The van der Waals surface area contributed by atoms with Crippen molar-refractivity contribution in [1.82, 2.24) is 14.9 Å². The largest absolute Gasteiger partial charge is 0.320 e. The average Bonchev–Trinajstić information content (AvgIpc) is 2.32. The Bertz CT molecular complexity index is 579. The molecule has 0 bridgehead atoms. The van der Waals surface area contributed by atoms with Gasteiger partial charge >= 0.3 is 0 Å². The second-order valence-electron chi connectivity index (χ2n) is 3.86. The van der Waals surface area contributed by atoms with E-state index in [0.717, 1.165) is 13.0 Å². The van der Waals surface area contributed by atoms with Crippen molar-refractivity contribution < 1.29 is 4.39 Å². The number of nitrogens with one attached hydrogen (secondary N) is 1. The molecule has 0 radical (unpaired) electrons. The highest BCUT2D eigenvalue weighted by Gasteiger charge is 2.04. The minimum Gasteiger partial charge on any atom is -0.320 e. The summed E-state index contributed by atoms with van der Waals surface area (Å²) in [4.78, 5) is 16.1. The summed E-state index contributed by atoms with van der Waals surface area (Å²) in [5.41, 5.74) is 0.283. The van der Waals surface area contributed by atoms with Crippen LogP contribution in [0.2, 0.25) is 0 Å². The van der Waals surface area contributed by atoms with E-state index in [2.05, 4.69) is 10.3 Å². The van der Waals surface area contributed by atoms with E-state index in [4.69, 9.17) is 0 Å². The van der Waals surface area contributed by atoms with Crippen LogP contribution in [0.25, 0.3) is 10.9 Å². The van der Waals surface area contributed by atoms with Crippen molar-refractivity contribution in [3.63, 3.8) is 0 Å². The normalized spacial score (nSPS) is 10.9. The van der Waals surface area contributed by atoms with Gasteiger partial charge in [0.2, 0.25) is 0 Å². The highest BCUT2D eigenvalue weighted by molar-refractivity contribution is 5.77. The van der Waals surface area contributed by atoms with Gasteiger partial charge in [-0.05, 0) is 32.1 Å². The van der Waals surface area contributed by atoms with E-state index < -0.39 is 0 Å². The van der Waals surface area contributed by atoms with Crippen LogP contribution in [-0.4, -0.2) is 23.1 Å². The molecule has 1 N–H and O–H groups in total. The lowest BCUT2D eigenvalue weighted by Crippen LogP contribution is -2.22. The van der Waals surface area contributed by atoms with Crippen LogP contribution >= 0.6 is 0 Å². The van der Waals surface area contributed by atoms with Crippen LogP contribution in [0.1, 0.15) is 6.42 Å². The zero-order valence-corrected chi connectivity index (χ0v) is 9.61. The SMILES string of the molecule is CNCCCn1cnc2cc(F)ccc2c1=O. The van der Waals surface area contributed by atoms with Crippen LogP contribution in [0.4, 0.5) is 4.39 Å². The molecule has 2 aromatic rings. The first-order chi connectivity index (χ1) is 8.22. The van der Waals surface area contributed by atoms with Crippen molar-refractivity contribution in [3.8, 4) is 0 Å². The predicted molar refractivity (Wildman–Crippen MR) is 64.5 cm³/mol. The molecule has 17 heavy (non-hydrogen) atoms. The minimum atomic E-state index is -0.377. The second-order valence-corrected chi connectivity index (χ2v) is 3.86. The zero-order chi connectivity index (χ0) is 12.3. The average molecular weight is 235 g/mol. The molecular formula is C12H14FN3O. The predicted octanol–water partition coefficient (Wildman–Crippen LogP) is 1.15. The summed E-state index contributed by atoms with van der Waals surface area (Å²) in [5.74, 6) is -0.377. The number of halogens is 1. The second kappa shape index (κ2) is 5.05. The van der Waals surface area contributed by atoms with E-state index in [1.807, 2.05) is 7.05 Å². The van der Waals surface area contributed by atoms with E-state index in [-0.39, 0.29) is 11.4 Å². The molecule has 0 spiro atoms. The summed E-state index contributed by atoms with van der Waals surface area (Å²) in [6, 6.07) is 4.03. The maximum Gasteiger partial charge on any atom is 0.261 e. The molecule has 4 nitrogen and oxygen atoms in total. The van der Waals surface area contributed by atoms with Crippen LogP contribution in [0.15, 0.2) is 29.3 Å². The molecule has 0 unspecified atom stereocenters. The van der Waals surface area contributed by atoms with Gasteiger partial charge in [0.05, 0.1) is 17.2 Å². The van der Waals surface area contributed by atoms with Crippen molar-refractivity contribution in [2.75, 3.05) is 13.6 Å². The Morgan fingerprint density at radius 1 is 1.47 bits per heavy atom. The van der Waals surface area contributed by atoms with Crippen LogP contribution in [0.3, 0.4) is 0 Å². The number of rotatable bonds is 4. The molecule has 1 aromatic carbocycles. The number of hydrogen-bond acceptors (Lipinski definition) is 3. The number of fused-ring (bicyclic) bond motifs is 1. The van der Waals surface area contributed by atoms with Crippen molar-refractivity contribution >= 4 is 10.9 Å². The monoisotopic (exact) mass is 235 g/mol. The van der Waals surface area contributed by atoms with Gasteiger partial charge in [-0.3, -0.25) is 9.36 Å². The van der Waals surface area contributed by atoms with E-state index in [9.17, 15) is 9.18 Å². The quantitative estimate of drug-likeness (QED) is 0.808. The molecule has 1 heterocycles. The van der Waals surface area contributed by atoms with Gasteiger partial charge in [-0.1, -0.05) is 0 Å². The van der Waals surface area contributed by atoms with Crippen LogP contribution in [0.5, 0.6) is 0 Å². The Morgan fingerprint density at radius 2 is 2.29 bits per heavy atom. The van der Waals surface area contributed by atoms with E-state index >= 15 is 0 Å². The Morgan fingerprint density at radius 3 is 3.06 bits per heavy atom. The van der Waals surface area contributed by atoms with Crippen LogP contribution in [-0.2, 0) is 6.54 Å². The fraction of sp³-hybridized carbons (Fsp3) is 0.333. The topological polar surface area (TPSA) is 46.9 Å². The van der Waals surface area contributed by atoms with Gasteiger partial charge in [0, 0.05) is 12.6 Å². The van der Waals surface area contributed by atoms with Crippen molar-refractivity contribution in [2.24, 2.45) is 0 Å². The summed E-state index contributed by atoms with van der Waals surface area (Å²) in [6.07, 6.45) is 2.32. The number of hydrogen-bond donors (Lipinski definition) is 1. The summed E-state index contributed by atoms with van der Waals surface area (Å²) >= 11 is 0. The van der Waals surface area contributed by atoms with Gasteiger partial charge < -0.3 is 5.32 Å². The van der Waals surface area contributed by atoms with Gasteiger partial charge in [-0.25, -0.2) is 9.37 Å². The Labute approximate surface area is 98.1 Å². The summed E-state index contributed by atoms with van der Waals surface area (Å²) in [6.45, 7) is 1.45. The Balaban J connectivity index is 2.37. The molecule has 5 heteroatoms. The summed E-state index contributed by atoms with van der Waals surface area (Å²) in [7, 11) is 1.87. The van der Waals surface area contributed by atoms with Gasteiger partial charge in [-0.2, -0.15) is 0 Å². The first-order valence-corrected chi connectivity index (χ1v) is 5.51. The summed E-state index contributed by atoms with van der Waals surface area (Å²) < 4.78 is 14.5. The van der Waals surface area contributed by atoms with Crippen molar-refractivity contribution in [1.29, 1.82) is 0 Å². The lowest BCUT2D eigenvalue weighted by molar-refractivity contribution is 0.593. The van der Waals surface area contributed by atoms with Crippen LogP contribution < -0.4 is 10.9 Å². The maximum absolute atomic E-state index is 13.0. The molecule has 0 fully saturated rings. The molecule has 0 aliphatic heterocycles. The first kappa shape index (κ1) is 11.7. The number of benzene rings is 1. The standard InChI is InChI=1S/C12H14FN3O/c1-14-5-2-6-16-8-15-11-7-9(13)3-4-10(11)12(16)17/h3-4,7-8,14H,2,5-6H2,1H3. The third-order valence-electron chi connectivity index (χ3n) is 2.61. The number of aromatic nitrogens is 2. The molecule has 1 aromatic heterocycles. The fourth-order valence-electron chi connectivity index (χ4n) is 1.72. The Hall–Kier alpha value is -1.75. The molecule has 0 saturated carbocycles. The molecule has 0 amide bonds. The molecule has 0 saturated heterocycles. The molecule has 0 aliphatic rings. The van der Waals surface area contributed by atoms with E-state index in [1.165, 1.54) is 24.5 Å². The zero-order valence-electron chi connectivity index (χ0n) is 9.61. The smallest absolute Gasteiger partial charge is 0.261 e. The lowest BCUT2D eigenvalue weighted by Gasteiger charge is -2.06. The summed E-state index contributed by atoms with van der Waals surface area (Å²) in [5, 5.41) is 3.47. The van der Waals surface area contributed by atoms with Gasteiger partial charge in [-0.15, -0.1) is 0 Å². The third-order valence-corrected chi connectivity index (χ3v) is 2.61. The molecule has 0 aliphatic carbocycles. The molecule has 90 valence electrons. The highest BCUT2D eigenvalue weighted by Crippen LogP contribution is 2.08. The first-order valence-electron chi connectivity index (χ1n) is 5.51. The molecule has 0 atom stereocenters. The highest BCUT2D eigenvalue weighted by atomic mass is 19.1. The molecule has 2 rings (SSSR count). The van der Waals surface area contributed by atoms with Gasteiger partial charge in [0.15, 0.2) is 0 Å². The van der Waals surface area contributed by atoms with Gasteiger partial charge in [0.25, 0.3) is 5.56 Å². The van der Waals surface area contributed by atoms with Crippen LogP contribution in [0, 0.1) is 5.82 Å². The maximum atomic E-state index is 13.0. The Kier molecular flexibility index (Phi) is 3.49. The fourth-order valence-corrected chi connectivity index (χ4v) is 1.72. The van der Waals surface area contributed by atoms with E-state index in [1.54, 1.807) is 4.57 Å². The molecular weight excluding hydrogens is 221 g/mol. The minimum absolute atomic E-state index is 0.119.